The van der Waals surface area contributed by atoms with Crippen LogP contribution in [0, 0.1) is 11.8 Å². The Labute approximate surface area is 346 Å². The lowest BCUT2D eigenvalue weighted by Gasteiger charge is -2.21. The molecule has 57 heavy (non-hydrogen) atoms. The molecule has 0 aromatic heterocycles. The first-order valence-corrected chi connectivity index (χ1v) is 21.8. The predicted molar refractivity (Wildman–Crippen MR) is 239 cm³/mol. The molecular weight excluding hydrogens is 739 g/mol. The van der Waals surface area contributed by atoms with Crippen molar-refractivity contribution in [3.8, 4) is 0 Å². The van der Waals surface area contributed by atoms with E-state index in [-0.39, 0.29) is 30.1 Å². The molecule has 3 fully saturated rings. The lowest BCUT2D eigenvalue weighted by atomic mass is 10.1. The summed E-state index contributed by atoms with van der Waals surface area (Å²) in [5.41, 5.74) is 7.48. The van der Waals surface area contributed by atoms with Crippen LogP contribution in [0.25, 0.3) is 0 Å². The van der Waals surface area contributed by atoms with Crippen LogP contribution in [0.4, 0.5) is 0 Å². The highest BCUT2D eigenvalue weighted by Crippen LogP contribution is 2.44. The summed E-state index contributed by atoms with van der Waals surface area (Å²) < 4.78 is 25.4. The van der Waals surface area contributed by atoms with E-state index in [1.807, 2.05) is 61.1 Å². The Kier molecular flexibility index (Phi) is 30.0. The Morgan fingerprint density at radius 3 is 2.18 bits per heavy atom. The first-order valence-electron chi connectivity index (χ1n) is 20.4. The van der Waals surface area contributed by atoms with Crippen molar-refractivity contribution >= 4 is 28.2 Å². The minimum atomic E-state index is -3.47. The van der Waals surface area contributed by atoms with Gasteiger partial charge in [0.25, 0.3) is 0 Å². The molecule has 11 nitrogen and oxygen atoms in total. The number of hydrogen-bond donors (Lipinski definition) is 4. The van der Waals surface area contributed by atoms with Crippen LogP contribution in [0.1, 0.15) is 113 Å². The minimum absolute atomic E-state index is 0.144. The SMILES string of the molecule is C=C/C=C\C(CN(C)C(C)O)=C(C)C.C=C/C=C\C=C(/C=C)NCC(=O)N1CCCC1C.CC.CCCCC/C=C\C1CC1C(=O)NS(=O)(=O)C1(C)CC1.NC=O. The second-order valence-corrected chi connectivity index (χ2v) is 16.7. The third-order valence-electron chi connectivity index (χ3n) is 9.57. The number of aliphatic hydroxyl groups excluding tert-OH is 1. The summed E-state index contributed by atoms with van der Waals surface area (Å²) in [6.45, 7) is 28.8. The van der Waals surface area contributed by atoms with Gasteiger partial charge in [-0.15, -0.1) is 0 Å². The standard InChI is InChI=1S/C15H22N2O.C15H25NO3S.C12H21NO.C2H6.CH3NO/c1-4-6-7-10-14(5-2)16-12-15(18)17-11-8-9-13(17)3;1-3-4-5-6-7-8-12-11-13(12)14(17)16-20(18,19)15(2)9-10-15;1-6-7-8-12(10(2)3)9-13(5)11(4)14;1-2;2-1-3/h4-7,10,13,16H,1-2,8-9,11-12H2,3H3;7-8,12-13H,3-6,9-11H2,1-2H3,(H,16,17);6-8,11,14H,1,9H2,2-5H3;1-2H3;1H,(H2,2,3)/b7-6-,14-10+;2*8-7-;;. The molecule has 1 aliphatic heterocycles. The molecule has 0 radical (unpaired) electrons. The highest BCUT2D eigenvalue weighted by Gasteiger charge is 2.52. The Hall–Kier alpha value is -4.00. The molecule has 0 aromatic carbocycles. The molecule has 2 saturated carbocycles. The molecule has 4 unspecified atom stereocenters. The molecule has 324 valence electrons. The predicted octanol–water partition coefficient (Wildman–Crippen LogP) is 7.62. The molecule has 2 aliphatic carbocycles. The van der Waals surface area contributed by atoms with Gasteiger partial charge in [-0.1, -0.05) is 108 Å². The zero-order valence-electron chi connectivity index (χ0n) is 36.6. The van der Waals surface area contributed by atoms with Crippen molar-refractivity contribution in [3.63, 3.8) is 0 Å². The summed E-state index contributed by atoms with van der Waals surface area (Å²) in [4.78, 5) is 36.3. The van der Waals surface area contributed by atoms with Crippen LogP contribution in [0.15, 0.2) is 97.3 Å². The fourth-order valence-electron chi connectivity index (χ4n) is 5.27. The van der Waals surface area contributed by atoms with E-state index in [2.05, 4.69) is 75.4 Å². The number of nitrogens with two attached hydrogens (primary N) is 1. The number of nitrogens with zero attached hydrogens (tertiary/aromatic N) is 2. The fraction of sp³-hybridized carbons (Fsp3) is 0.578. The van der Waals surface area contributed by atoms with E-state index in [9.17, 15) is 23.1 Å². The Balaban J connectivity index is 0. The Bertz CT molecular complexity index is 1490. The van der Waals surface area contributed by atoms with E-state index in [4.69, 9.17) is 4.79 Å². The van der Waals surface area contributed by atoms with Crippen molar-refractivity contribution < 1.29 is 27.9 Å². The summed E-state index contributed by atoms with van der Waals surface area (Å²) in [7, 11) is -1.57. The fourth-order valence-corrected chi connectivity index (χ4v) is 6.57. The van der Waals surface area contributed by atoms with E-state index in [1.54, 1.807) is 32.1 Å². The Morgan fingerprint density at radius 1 is 1.09 bits per heavy atom. The summed E-state index contributed by atoms with van der Waals surface area (Å²) in [6.07, 6.45) is 27.7. The molecule has 3 amide bonds. The Morgan fingerprint density at radius 2 is 1.70 bits per heavy atom. The minimum Gasteiger partial charge on any atom is -0.379 e. The molecule has 12 heteroatoms. The van der Waals surface area contributed by atoms with E-state index >= 15 is 0 Å². The molecule has 3 aliphatic rings. The molecule has 5 N–H and O–H groups in total. The highest BCUT2D eigenvalue weighted by molar-refractivity contribution is 7.91. The van der Waals surface area contributed by atoms with E-state index in [1.165, 1.54) is 30.4 Å². The van der Waals surface area contributed by atoms with Gasteiger partial charge >= 0.3 is 0 Å². The number of sulfonamides is 1. The summed E-state index contributed by atoms with van der Waals surface area (Å²) in [5, 5.41) is 12.4. The molecule has 0 spiro atoms. The van der Waals surface area contributed by atoms with Gasteiger partial charge in [0.2, 0.25) is 28.2 Å². The third kappa shape index (κ3) is 23.7. The van der Waals surface area contributed by atoms with Crippen molar-refractivity contribution in [1.82, 2.24) is 19.8 Å². The summed E-state index contributed by atoms with van der Waals surface area (Å²) >= 11 is 0. The van der Waals surface area contributed by atoms with Crippen molar-refractivity contribution in [2.45, 2.75) is 130 Å². The zero-order valence-corrected chi connectivity index (χ0v) is 37.5. The molecule has 4 atom stereocenters. The molecule has 0 bridgehead atoms. The maximum atomic E-state index is 12.0. The zero-order chi connectivity index (χ0) is 44.0. The van der Waals surface area contributed by atoms with Gasteiger partial charge in [-0.25, -0.2) is 8.42 Å². The number of amides is 3. The topological polar surface area (TPSA) is 162 Å². The number of likely N-dealkylation sites (tertiary alicyclic amines) is 1. The molecule has 0 aromatic rings. The van der Waals surface area contributed by atoms with Crippen molar-refractivity contribution in [1.29, 1.82) is 0 Å². The van der Waals surface area contributed by atoms with Gasteiger partial charge < -0.3 is 21.1 Å². The number of rotatable bonds is 19. The van der Waals surface area contributed by atoms with E-state index in [0.29, 0.717) is 25.4 Å². The second-order valence-electron chi connectivity index (χ2n) is 14.5. The second kappa shape index (κ2) is 31.0. The molecule has 1 heterocycles. The van der Waals surface area contributed by atoms with Crippen LogP contribution in [0.3, 0.4) is 0 Å². The number of carbonyl (C=O) groups is 3. The van der Waals surface area contributed by atoms with Crippen LogP contribution in [0.2, 0.25) is 0 Å². The van der Waals surface area contributed by atoms with Crippen LogP contribution >= 0.6 is 0 Å². The van der Waals surface area contributed by atoms with Crippen LogP contribution < -0.4 is 15.8 Å². The van der Waals surface area contributed by atoms with Crippen molar-refractivity contribution in [2.75, 3.05) is 26.7 Å². The van der Waals surface area contributed by atoms with Crippen molar-refractivity contribution in [3.05, 3.63) is 97.3 Å². The lowest BCUT2D eigenvalue weighted by Crippen LogP contribution is -2.39. The van der Waals surface area contributed by atoms with Gasteiger partial charge in [0.1, 0.15) is 6.23 Å². The van der Waals surface area contributed by atoms with Gasteiger partial charge in [-0.2, -0.15) is 0 Å². The normalized spacial score (nSPS) is 19.6. The highest BCUT2D eigenvalue weighted by atomic mass is 32.2. The average molecular weight is 816 g/mol. The van der Waals surface area contributed by atoms with Gasteiger partial charge in [-0.05, 0) is 110 Å². The van der Waals surface area contributed by atoms with Gasteiger partial charge in [0.05, 0.1) is 11.3 Å². The molecule has 1 saturated heterocycles. The summed E-state index contributed by atoms with van der Waals surface area (Å²) in [6, 6.07) is 0.371. The van der Waals surface area contributed by atoms with Crippen LogP contribution in [0.5, 0.6) is 0 Å². The van der Waals surface area contributed by atoms with Gasteiger partial charge in [0, 0.05) is 30.7 Å². The number of unbranched alkanes of at least 4 members (excludes halogenated alkanes) is 3. The van der Waals surface area contributed by atoms with E-state index in [0.717, 1.165) is 44.5 Å². The number of carbonyl (C=O) groups excluding carboxylic acids is 3. The number of aliphatic hydroxyl groups is 1. The quantitative estimate of drug-likeness (QED) is 0.0341. The number of nitrogens with one attached hydrogen (secondary N) is 2. The van der Waals surface area contributed by atoms with Crippen molar-refractivity contribution in [2.24, 2.45) is 17.6 Å². The third-order valence-corrected chi connectivity index (χ3v) is 11.7. The monoisotopic (exact) mass is 816 g/mol. The summed E-state index contributed by atoms with van der Waals surface area (Å²) in [5.74, 6) is -0.0739. The average Bonchev–Trinajstić information content (AvgIpc) is 4.09. The van der Waals surface area contributed by atoms with Crippen LogP contribution in [-0.4, -0.2) is 85.2 Å². The van der Waals surface area contributed by atoms with Gasteiger partial charge in [0.15, 0.2) is 0 Å². The van der Waals surface area contributed by atoms with Gasteiger partial charge in [-0.3, -0.25) is 24.0 Å². The largest absolute Gasteiger partial charge is 0.379 e. The number of hydrogen-bond acceptors (Lipinski definition) is 8. The van der Waals surface area contributed by atoms with E-state index < -0.39 is 21.0 Å². The number of likely N-dealkylation sites (N-methyl/N-ethyl adjacent to an activating group) is 1. The first kappa shape index (κ1) is 55.1. The number of allylic oxidation sites excluding steroid dienone is 10. The maximum absolute atomic E-state index is 12.0. The molecule has 3 rings (SSSR count). The smallest absolute Gasteiger partial charge is 0.242 e. The molecular formula is C45H77N5O6S. The van der Waals surface area contributed by atoms with Crippen LogP contribution in [-0.2, 0) is 24.4 Å². The first-order chi connectivity index (χ1) is 27.0. The number of primary amides is 1. The lowest BCUT2D eigenvalue weighted by molar-refractivity contribution is -0.130. The maximum Gasteiger partial charge on any atom is 0.242 e.